The summed E-state index contributed by atoms with van der Waals surface area (Å²) in [4.78, 5) is 0. The summed E-state index contributed by atoms with van der Waals surface area (Å²) in [5.41, 5.74) is 10.2. The number of aliphatic hydroxyl groups is 1. The number of rotatable bonds is 39. The minimum Gasteiger partial charge on any atom is -0.385 e. The maximum absolute atomic E-state index is 13.6. The number of aromatic nitrogens is 2. The third-order valence-electron chi connectivity index (χ3n) is 19.9. The van der Waals surface area contributed by atoms with Crippen LogP contribution >= 0.6 is 0 Å². The molecular weight excluding hydrogens is 1400 g/mol. The summed E-state index contributed by atoms with van der Waals surface area (Å²) in [5, 5.41) is 13.6. The van der Waals surface area contributed by atoms with Gasteiger partial charge >= 0.3 is 0 Å². The van der Waals surface area contributed by atoms with Crippen LogP contribution in [0.15, 0.2) is 316 Å². The molecular formula is C93H99N2O16+. The molecule has 1 N–H and O–H groups in total. The molecule has 18 heteroatoms. The Hall–Kier alpha value is -9.23. The van der Waals surface area contributed by atoms with Crippen LogP contribution in [-0.2, 0) is 151 Å². The van der Waals surface area contributed by atoms with Gasteiger partial charge in [-0.1, -0.05) is 297 Å². The second-order valence-electron chi connectivity index (χ2n) is 28.3. The summed E-state index contributed by atoms with van der Waals surface area (Å²) >= 11 is 0. The van der Waals surface area contributed by atoms with Crippen LogP contribution < -0.4 is 4.57 Å². The van der Waals surface area contributed by atoms with E-state index in [2.05, 4.69) is 28.8 Å². The largest absolute Gasteiger partial charge is 0.385 e. The molecule has 3 aliphatic rings. The first kappa shape index (κ1) is 78.5. The first-order chi connectivity index (χ1) is 54.8. The third-order valence-corrected chi connectivity index (χ3v) is 19.9. The van der Waals surface area contributed by atoms with Crippen molar-refractivity contribution in [3.8, 4) is 0 Å². The predicted octanol–water partition coefficient (Wildman–Crippen LogP) is 14.3. The van der Waals surface area contributed by atoms with Crippen molar-refractivity contribution in [2.45, 2.75) is 165 Å². The van der Waals surface area contributed by atoms with E-state index in [1.807, 2.05) is 303 Å². The van der Waals surface area contributed by atoms with Gasteiger partial charge in [-0.25, -0.2) is 9.13 Å². The van der Waals surface area contributed by atoms with Gasteiger partial charge < -0.3 is 76.2 Å². The van der Waals surface area contributed by atoms with Gasteiger partial charge in [-0.3, -0.25) is 0 Å². The quantitative estimate of drug-likeness (QED) is 0.0361. The van der Waals surface area contributed by atoms with Gasteiger partial charge in [0.25, 0.3) is 0 Å². The summed E-state index contributed by atoms with van der Waals surface area (Å²) in [6.45, 7) is 2.35. The van der Waals surface area contributed by atoms with Gasteiger partial charge in [0.1, 0.15) is 92.2 Å². The van der Waals surface area contributed by atoms with Gasteiger partial charge in [0.05, 0.1) is 92.9 Å². The first-order valence-corrected chi connectivity index (χ1v) is 38.3. The zero-order valence-electron chi connectivity index (χ0n) is 62.5. The Labute approximate surface area is 650 Å². The Morgan fingerprint density at radius 1 is 0.279 bits per heavy atom. The summed E-state index contributed by atoms with van der Waals surface area (Å²) in [6.07, 6.45) is -10.9. The average Bonchev–Trinajstić information content (AvgIpc) is 1.08. The number of hydrogen-bond acceptors (Lipinski definition) is 16. The van der Waals surface area contributed by atoms with E-state index in [0.29, 0.717) is 6.54 Å². The fourth-order valence-electron chi connectivity index (χ4n) is 14.1. The predicted molar refractivity (Wildman–Crippen MR) is 416 cm³/mol. The number of nitrogens with zero attached hydrogens (tertiary/aromatic N) is 2. The van der Waals surface area contributed by atoms with Gasteiger partial charge in [-0.15, -0.1) is 0 Å². The maximum atomic E-state index is 13.6. The van der Waals surface area contributed by atoms with Crippen LogP contribution in [0.4, 0.5) is 0 Å². The van der Waals surface area contributed by atoms with E-state index in [0.717, 1.165) is 61.2 Å². The molecule has 3 saturated heterocycles. The topological polar surface area (TPSA) is 167 Å². The fraction of sp³-hybridized carbons (Fsp3) is 0.323. The molecule has 11 aromatic rings. The van der Waals surface area contributed by atoms with Crippen LogP contribution in [0.3, 0.4) is 0 Å². The van der Waals surface area contributed by atoms with Crippen molar-refractivity contribution in [2.24, 2.45) is 7.05 Å². The van der Waals surface area contributed by atoms with Gasteiger partial charge in [0, 0.05) is 0 Å². The van der Waals surface area contributed by atoms with Gasteiger partial charge in [-0.05, 0) is 61.2 Å². The van der Waals surface area contributed by atoms with Gasteiger partial charge in [0.15, 0.2) is 18.9 Å². The second-order valence-corrected chi connectivity index (χ2v) is 28.3. The molecule has 10 aromatic carbocycles. The van der Waals surface area contributed by atoms with Crippen LogP contribution in [0.1, 0.15) is 61.2 Å². The lowest BCUT2D eigenvalue weighted by atomic mass is 9.95. The van der Waals surface area contributed by atoms with E-state index in [1.165, 1.54) is 0 Å². The normalized spacial score (nSPS) is 24.0. The van der Waals surface area contributed by atoms with Crippen LogP contribution in [0.2, 0.25) is 0 Å². The average molecular weight is 1500 g/mol. The monoisotopic (exact) mass is 1500 g/mol. The molecule has 0 unspecified atom stereocenters. The van der Waals surface area contributed by atoms with Gasteiger partial charge in [0.2, 0.25) is 6.33 Å². The molecule has 0 spiro atoms. The van der Waals surface area contributed by atoms with Crippen molar-refractivity contribution in [3.63, 3.8) is 0 Å². The Morgan fingerprint density at radius 2 is 0.541 bits per heavy atom. The maximum Gasteiger partial charge on any atom is 0.243 e. The highest BCUT2D eigenvalue weighted by molar-refractivity contribution is 5.24. The lowest BCUT2D eigenvalue weighted by molar-refractivity contribution is -0.671. The smallest absolute Gasteiger partial charge is 0.243 e. The molecule has 576 valence electrons. The van der Waals surface area contributed by atoms with Crippen molar-refractivity contribution < 1.29 is 80.7 Å². The standard InChI is InChI=1S/C93H99N2O16/c1-94-51-52-95(67-94)53-68-47-49-78(50-48-68)63-106-92-89(87(104-61-76-43-25-9-26-44-76)84(101-58-73-37-19-6-20-38-73)80(108-92)65-98-55-70-31-13-3-14-32-70)111-93-90(88(105-62-77-45-27-10-28-46-77)85(102-59-74-39-21-7-22-40-74)81(109-93)66-99-56-71-33-15-4-16-34-71)110-91-82(96)86(103-60-75-41-23-8-24-42-75)83(100-57-72-35-17-5-18-36-72)79(107-91)64-97-54-69-29-11-2-12-30-69/h2-52,67,79-93,96H,53-66H2,1H3/q+1/t79-,80-,81-,82+,83-,84-,85-,86-,87+,88+,89+,90+,91-,92+,93-/m1/s1. The third kappa shape index (κ3) is 23.0. The highest BCUT2D eigenvalue weighted by atomic mass is 16.8. The van der Waals surface area contributed by atoms with E-state index in [4.69, 9.17) is 71.1 Å². The SMILES string of the molecule is C[n+]1ccn(Cc2ccc(CO[C@H]3O[C@H](COCc4ccccc4)[C@@H](OCc4ccccc4)[C@H](OCc4ccccc4)[C@@H]3O[C@H]3O[C@H](COCc4ccccc4)[C@@H](OCc4ccccc4)[C@H](OCc4ccccc4)[C@@H]3O[C@H]3O[C@H](COCc4ccccc4)[C@@H](OCc4ccccc4)[C@H](OCc4ccccc4)[C@@H]3O)cc2)c1. The molecule has 15 atom stereocenters. The molecule has 0 bridgehead atoms. The van der Waals surface area contributed by atoms with E-state index >= 15 is 0 Å². The van der Waals surface area contributed by atoms with Crippen molar-refractivity contribution >= 4 is 0 Å². The van der Waals surface area contributed by atoms with Crippen molar-refractivity contribution in [3.05, 3.63) is 377 Å². The first-order valence-electron chi connectivity index (χ1n) is 38.3. The Bertz CT molecular complexity index is 4400. The molecule has 1 aromatic heterocycles. The number of hydrogen-bond donors (Lipinski definition) is 1. The summed E-state index contributed by atoms with van der Waals surface area (Å²) in [7, 11) is 2.01. The Morgan fingerprint density at radius 3 is 0.883 bits per heavy atom. The minimum absolute atomic E-state index is 0.00101. The number of ether oxygens (including phenoxy) is 15. The van der Waals surface area contributed by atoms with Crippen molar-refractivity contribution in [1.29, 1.82) is 0 Å². The molecule has 14 rings (SSSR count). The van der Waals surface area contributed by atoms with E-state index in [-0.39, 0.29) is 85.9 Å². The van der Waals surface area contributed by atoms with Crippen LogP contribution in [0, 0.1) is 0 Å². The highest BCUT2D eigenvalue weighted by Crippen LogP contribution is 2.40. The Kier molecular flexibility index (Phi) is 29.2. The summed E-state index contributed by atoms with van der Waals surface area (Å²) in [6, 6.07) is 97.8. The second kappa shape index (κ2) is 41.3. The van der Waals surface area contributed by atoms with Crippen LogP contribution in [-0.4, -0.2) is 122 Å². The molecule has 3 aliphatic heterocycles. The fourth-order valence-corrected chi connectivity index (χ4v) is 14.1. The van der Waals surface area contributed by atoms with E-state index in [1.54, 1.807) is 0 Å². The zero-order valence-corrected chi connectivity index (χ0v) is 62.5. The molecule has 4 heterocycles. The van der Waals surface area contributed by atoms with Crippen LogP contribution in [0.5, 0.6) is 0 Å². The van der Waals surface area contributed by atoms with Crippen molar-refractivity contribution in [2.75, 3.05) is 19.8 Å². The lowest BCUT2D eigenvalue weighted by Gasteiger charge is -2.51. The van der Waals surface area contributed by atoms with Crippen molar-refractivity contribution in [1.82, 2.24) is 4.57 Å². The summed E-state index contributed by atoms with van der Waals surface area (Å²) in [5.74, 6) is 0. The van der Waals surface area contributed by atoms with E-state index in [9.17, 15) is 5.11 Å². The highest BCUT2D eigenvalue weighted by Gasteiger charge is 2.57. The zero-order chi connectivity index (χ0) is 75.4. The molecule has 0 radical (unpaired) electrons. The molecule has 0 amide bonds. The lowest BCUT2D eigenvalue weighted by Crippen LogP contribution is -2.68. The molecule has 0 saturated carbocycles. The van der Waals surface area contributed by atoms with Crippen LogP contribution in [0.25, 0.3) is 0 Å². The molecule has 0 aliphatic carbocycles. The number of aryl methyl sites for hydroxylation is 1. The molecule has 111 heavy (non-hydrogen) atoms. The number of imidazole rings is 1. The number of aliphatic hydroxyl groups excluding tert-OH is 1. The summed E-state index contributed by atoms with van der Waals surface area (Å²) < 4.78 is 113. The molecule has 3 fully saturated rings. The number of benzene rings is 10. The van der Waals surface area contributed by atoms with Gasteiger partial charge in [-0.2, -0.15) is 0 Å². The van der Waals surface area contributed by atoms with E-state index < -0.39 is 92.1 Å². The minimum atomic E-state index is -1.55. The molecule has 18 nitrogen and oxygen atoms in total. The Balaban J connectivity index is 0.895.